The predicted molar refractivity (Wildman–Crippen MR) is 78.9 cm³/mol. The van der Waals surface area contributed by atoms with Gasteiger partial charge >= 0.3 is 0 Å². The van der Waals surface area contributed by atoms with Gasteiger partial charge in [0.1, 0.15) is 5.75 Å². The first-order valence-electron chi connectivity index (χ1n) is 7.15. The van der Waals surface area contributed by atoms with Crippen molar-refractivity contribution in [1.29, 1.82) is 0 Å². The van der Waals surface area contributed by atoms with Gasteiger partial charge in [0, 0.05) is 13.2 Å². The van der Waals surface area contributed by atoms with Crippen molar-refractivity contribution in [3.63, 3.8) is 0 Å². The summed E-state index contributed by atoms with van der Waals surface area (Å²) in [7, 11) is 4.01. The number of aryl methyl sites for hydroxylation is 1. The molecule has 1 N–H and O–H groups in total. The third-order valence-corrected chi connectivity index (χ3v) is 4.03. The molecule has 2 heterocycles. The summed E-state index contributed by atoms with van der Waals surface area (Å²) in [4.78, 5) is 4.48. The van der Waals surface area contributed by atoms with Crippen molar-refractivity contribution in [1.82, 2.24) is 14.9 Å². The Morgan fingerprint density at radius 2 is 2.30 bits per heavy atom. The molecule has 1 aromatic carbocycles. The lowest BCUT2D eigenvalue weighted by Gasteiger charge is -2.28. The van der Waals surface area contributed by atoms with Crippen LogP contribution in [0.2, 0.25) is 0 Å². The average molecular weight is 271 g/mol. The Morgan fingerprint density at radius 1 is 1.45 bits per heavy atom. The van der Waals surface area contributed by atoms with E-state index in [2.05, 4.69) is 34.7 Å². The number of benzene rings is 1. The summed E-state index contributed by atoms with van der Waals surface area (Å²) in [6.07, 6.45) is 6.07. The van der Waals surface area contributed by atoms with Gasteiger partial charge in [-0.15, -0.1) is 0 Å². The van der Waals surface area contributed by atoms with Gasteiger partial charge in [0.2, 0.25) is 0 Å². The summed E-state index contributed by atoms with van der Waals surface area (Å²) >= 11 is 0. The lowest BCUT2D eigenvalue weighted by Crippen LogP contribution is -2.23. The predicted octanol–water partition coefficient (Wildman–Crippen LogP) is 2.64. The van der Waals surface area contributed by atoms with E-state index in [0.29, 0.717) is 5.92 Å². The van der Waals surface area contributed by atoms with Gasteiger partial charge in [-0.1, -0.05) is 18.2 Å². The molecule has 0 fully saturated rings. The molecule has 2 atom stereocenters. The quantitative estimate of drug-likeness (QED) is 0.929. The van der Waals surface area contributed by atoms with Gasteiger partial charge in [0.05, 0.1) is 24.7 Å². The molecule has 1 aliphatic heterocycles. The van der Waals surface area contributed by atoms with Crippen molar-refractivity contribution < 1.29 is 4.74 Å². The van der Waals surface area contributed by atoms with E-state index in [1.165, 1.54) is 5.56 Å². The standard InChI is InChI=1S/C16H21N3O/c1-17-14(15-10-19(2)11-18-15)9-12-7-8-20-16-6-4-3-5-13(12)16/h3-6,10-12,14,17H,7-9H2,1-2H3. The molecule has 4 nitrogen and oxygen atoms in total. The van der Waals surface area contributed by atoms with Crippen LogP contribution in [-0.4, -0.2) is 23.2 Å². The fraction of sp³-hybridized carbons (Fsp3) is 0.438. The number of hydrogen-bond acceptors (Lipinski definition) is 3. The zero-order valence-corrected chi connectivity index (χ0v) is 12.0. The van der Waals surface area contributed by atoms with Crippen LogP contribution in [0.4, 0.5) is 0 Å². The van der Waals surface area contributed by atoms with E-state index in [9.17, 15) is 0 Å². The molecular weight excluding hydrogens is 250 g/mol. The Kier molecular flexibility index (Phi) is 3.74. The number of hydrogen-bond donors (Lipinski definition) is 1. The van der Waals surface area contributed by atoms with Gasteiger partial charge < -0.3 is 14.6 Å². The molecule has 0 saturated carbocycles. The molecule has 1 aliphatic rings. The Hall–Kier alpha value is -1.81. The summed E-state index contributed by atoms with van der Waals surface area (Å²) in [6.45, 7) is 0.806. The van der Waals surface area contributed by atoms with Crippen molar-refractivity contribution in [2.24, 2.45) is 7.05 Å². The number of nitrogens with one attached hydrogen (secondary N) is 1. The van der Waals surface area contributed by atoms with Gasteiger partial charge in [0.15, 0.2) is 0 Å². The number of para-hydroxylation sites is 1. The number of nitrogens with zero attached hydrogens (tertiary/aromatic N) is 2. The monoisotopic (exact) mass is 271 g/mol. The van der Waals surface area contributed by atoms with E-state index in [1.807, 2.05) is 31.1 Å². The van der Waals surface area contributed by atoms with E-state index in [-0.39, 0.29) is 6.04 Å². The molecule has 0 aliphatic carbocycles. The van der Waals surface area contributed by atoms with E-state index >= 15 is 0 Å². The molecule has 0 radical (unpaired) electrons. The lowest BCUT2D eigenvalue weighted by atomic mass is 9.87. The van der Waals surface area contributed by atoms with Gasteiger partial charge in [-0.2, -0.15) is 0 Å². The van der Waals surface area contributed by atoms with Crippen LogP contribution in [0, 0.1) is 0 Å². The second kappa shape index (κ2) is 5.67. The van der Waals surface area contributed by atoms with Crippen LogP contribution in [0.15, 0.2) is 36.8 Å². The second-order valence-electron chi connectivity index (χ2n) is 5.41. The summed E-state index contributed by atoms with van der Waals surface area (Å²) in [5.74, 6) is 1.57. The number of rotatable bonds is 4. The second-order valence-corrected chi connectivity index (χ2v) is 5.41. The van der Waals surface area contributed by atoms with E-state index in [1.54, 1.807) is 0 Å². The first-order chi connectivity index (χ1) is 9.78. The molecule has 106 valence electrons. The zero-order valence-electron chi connectivity index (χ0n) is 12.0. The number of ether oxygens (including phenoxy) is 1. The fourth-order valence-electron chi connectivity index (χ4n) is 2.94. The summed E-state index contributed by atoms with van der Waals surface area (Å²) in [5, 5.41) is 3.39. The topological polar surface area (TPSA) is 39.1 Å². The molecule has 3 rings (SSSR count). The van der Waals surface area contributed by atoms with Crippen molar-refractivity contribution in [2.45, 2.75) is 24.8 Å². The summed E-state index contributed by atoms with van der Waals surface area (Å²) in [6, 6.07) is 8.67. The summed E-state index contributed by atoms with van der Waals surface area (Å²) < 4.78 is 7.74. The van der Waals surface area contributed by atoms with Gasteiger partial charge in [0.25, 0.3) is 0 Å². The maximum Gasteiger partial charge on any atom is 0.122 e. The Balaban J connectivity index is 1.80. The molecular formula is C16H21N3O. The van der Waals surface area contributed by atoms with Crippen LogP contribution in [0.25, 0.3) is 0 Å². The SMILES string of the molecule is CNC(CC1CCOc2ccccc21)c1cn(C)cn1. The first-order valence-corrected chi connectivity index (χ1v) is 7.15. The minimum Gasteiger partial charge on any atom is -0.493 e. The molecule has 20 heavy (non-hydrogen) atoms. The number of imidazole rings is 1. The normalized spacial score (nSPS) is 19.2. The Labute approximate surface area is 119 Å². The van der Waals surface area contributed by atoms with Gasteiger partial charge in [-0.25, -0.2) is 4.98 Å². The molecule has 2 unspecified atom stereocenters. The molecule has 0 bridgehead atoms. The van der Waals surface area contributed by atoms with Crippen molar-refractivity contribution in [3.05, 3.63) is 48.0 Å². The maximum atomic E-state index is 5.74. The highest BCUT2D eigenvalue weighted by molar-refractivity contribution is 5.38. The molecule has 0 amide bonds. The Morgan fingerprint density at radius 3 is 3.05 bits per heavy atom. The van der Waals surface area contributed by atoms with Crippen LogP contribution in [-0.2, 0) is 7.05 Å². The van der Waals surface area contributed by atoms with Gasteiger partial charge in [-0.3, -0.25) is 0 Å². The smallest absolute Gasteiger partial charge is 0.122 e. The van der Waals surface area contributed by atoms with Crippen LogP contribution >= 0.6 is 0 Å². The number of aromatic nitrogens is 2. The van der Waals surface area contributed by atoms with Crippen molar-refractivity contribution >= 4 is 0 Å². The molecule has 0 spiro atoms. The van der Waals surface area contributed by atoms with Gasteiger partial charge in [-0.05, 0) is 37.4 Å². The van der Waals surface area contributed by atoms with Crippen LogP contribution < -0.4 is 10.1 Å². The maximum absolute atomic E-state index is 5.74. The van der Waals surface area contributed by atoms with E-state index in [0.717, 1.165) is 30.9 Å². The highest BCUT2D eigenvalue weighted by atomic mass is 16.5. The zero-order chi connectivity index (χ0) is 13.9. The first kappa shape index (κ1) is 13.2. The minimum atomic E-state index is 0.285. The van der Waals surface area contributed by atoms with Crippen molar-refractivity contribution in [2.75, 3.05) is 13.7 Å². The fourth-order valence-corrected chi connectivity index (χ4v) is 2.94. The highest BCUT2D eigenvalue weighted by Crippen LogP contribution is 2.38. The van der Waals surface area contributed by atoms with E-state index < -0.39 is 0 Å². The minimum absolute atomic E-state index is 0.285. The van der Waals surface area contributed by atoms with Crippen molar-refractivity contribution in [3.8, 4) is 5.75 Å². The molecule has 4 heteroatoms. The van der Waals surface area contributed by atoms with Crippen LogP contribution in [0.5, 0.6) is 5.75 Å². The lowest BCUT2D eigenvalue weighted by molar-refractivity contribution is 0.256. The highest BCUT2D eigenvalue weighted by Gasteiger charge is 2.25. The number of fused-ring (bicyclic) bond motifs is 1. The van der Waals surface area contributed by atoms with E-state index in [4.69, 9.17) is 4.74 Å². The molecule has 2 aromatic rings. The van der Waals surface area contributed by atoms with Crippen LogP contribution in [0.3, 0.4) is 0 Å². The summed E-state index contributed by atoms with van der Waals surface area (Å²) in [5.41, 5.74) is 2.44. The molecule has 0 saturated heterocycles. The largest absolute Gasteiger partial charge is 0.493 e. The third kappa shape index (κ3) is 2.56. The van der Waals surface area contributed by atoms with Crippen LogP contribution in [0.1, 0.15) is 36.1 Å². The average Bonchev–Trinajstić information content (AvgIpc) is 2.91. The Bertz CT molecular complexity index is 579. The third-order valence-electron chi connectivity index (χ3n) is 4.03. The molecule has 1 aromatic heterocycles.